The Morgan fingerprint density at radius 3 is 2.81 bits per heavy atom. The van der Waals surface area contributed by atoms with E-state index in [1.165, 1.54) is 24.2 Å². The molecule has 5 heteroatoms. The number of rotatable bonds is 4. The minimum absolute atomic E-state index is 0.108. The molecule has 0 unspecified atom stereocenters. The summed E-state index contributed by atoms with van der Waals surface area (Å²) in [5, 5.41) is 11.0. The highest BCUT2D eigenvalue weighted by Gasteiger charge is 2.20. The van der Waals surface area contributed by atoms with Crippen LogP contribution in [-0.2, 0) is 17.8 Å². The number of imidazole rings is 1. The van der Waals surface area contributed by atoms with E-state index < -0.39 is 5.97 Å². The van der Waals surface area contributed by atoms with Crippen LogP contribution in [0, 0.1) is 6.92 Å². The van der Waals surface area contributed by atoms with Gasteiger partial charge in [-0.3, -0.25) is 4.40 Å². The van der Waals surface area contributed by atoms with E-state index in [-0.39, 0.29) is 6.42 Å². The van der Waals surface area contributed by atoms with Crippen LogP contribution in [-0.4, -0.2) is 28.4 Å². The summed E-state index contributed by atoms with van der Waals surface area (Å²) in [7, 11) is 0. The normalized spacial score (nSPS) is 16.4. The summed E-state index contributed by atoms with van der Waals surface area (Å²) in [6.07, 6.45) is 5.74. The molecule has 0 atom stereocenters. The summed E-state index contributed by atoms with van der Waals surface area (Å²) in [5.41, 5.74) is 3.64. The summed E-state index contributed by atoms with van der Waals surface area (Å²) in [6, 6.07) is 3.95. The topological polar surface area (TPSA) is 61.9 Å². The van der Waals surface area contributed by atoms with Gasteiger partial charge in [-0.05, 0) is 37.8 Å². The number of carboxylic acid groups (broad SMARTS) is 1. The largest absolute Gasteiger partial charge is 0.550 e. The van der Waals surface area contributed by atoms with E-state index >= 15 is 0 Å². The molecule has 2 aromatic rings. The highest BCUT2D eigenvalue weighted by Crippen LogP contribution is 2.14. The van der Waals surface area contributed by atoms with Gasteiger partial charge in [0.05, 0.1) is 18.8 Å². The van der Waals surface area contributed by atoms with Crippen LogP contribution >= 0.6 is 0 Å². The molecule has 0 spiro atoms. The van der Waals surface area contributed by atoms with Crippen molar-refractivity contribution in [3.63, 3.8) is 0 Å². The molecule has 2 aromatic heterocycles. The van der Waals surface area contributed by atoms with E-state index in [0.29, 0.717) is 5.69 Å². The lowest BCUT2D eigenvalue weighted by molar-refractivity contribution is -0.918. The predicted octanol–water partition coefficient (Wildman–Crippen LogP) is -0.496. The molecule has 3 heterocycles. The van der Waals surface area contributed by atoms with Crippen LogP contribution in [0.15, 0.2) is 18.3 Å². The Morgan fingerprint density at radius 1 is 1.33 bits per heavy atom. The molecule has 1 saturated heterocycles. The minimum atomic E-state index is -1.06. The SMILES string of the molecule is Cc1ccc2nc(CC(=O)[O-])c(C[NH+]3CCCCC3)n2c1. The molecule has 1 aliphatic rings. The maximum atomic E-state index is 11.0. The van der Waals surface area contributed by atoms with Crippen molar-refractivity contribution in [1.29, 1.82) is 0 Å². The first kappa shape index (κ1) is 14.1. The lowest BCUT2D eigenvalue weighted by atomic mass is 10.1. The summed E-state index contributed by atoms with van der Waals surface area (Å²) in [4.78, 5) is 17.0. The minimum Gasteiger partial charge on any atom is -0.550 e. The van der Waals surface area contributed by atoms with Gasteiger partial charge >= 0.3 is 0 Å². The van der Waals surface area contributed by atoms with Crippen LogP contribution in [0.5, 0.6) is 0 Å². The number of hydrogen-bond acceptors (Lipinski definition) is 3. The van der Waals surface area contributed by atoms with Crippen LogP contribution in [0.25, 0.3) is 5.65 Å². The molecule has 3 rings (SSSR count). The second-order valence-electron chi connectivity index (χ2n) is 5.98. The molecule has 21 heavy (non-hydrogen) atoms. The highest BCUT2D eigenvalue weighted by atomic mass is 16.4. The van der Waals surface area contributed by atoms with Gasteiger partial charge in [-0.1, -0.05) is 6.07 Å². The van der Waals surface area contributed by atoms with Crippen LogP contribution in [0.1, 0.15) is 36.2 Å². The first-order valence-electron chi connectivity index (χ1n) is 7.63. The standard InChI is InChI=1S/C16H21N3O2/c1-12-5-6-15-17-13(9-16(20)21)14(19(15)10-12)11-18-7-3-2-4-8-18/h5-6,10H,2-4,7-9,11H2,1H3,(H,20,21). The molecule has 0 amide bonds. The van der Waals surface area contributed by atoms with Crippen LogP contribution in [0.2, 0.25) is 0 Å². The number of aliphatic carboxylic acids is 1. The molecule has 112 valence electrons. The van der Waals surface area contributed by atoms with Crippen molar-refractivity contribution in [2.45, 2.75) is 39.2 Å². The third-order valence-corrected chi connectivity index (χ3v) is 4.24. The van der Waals surface area contributed by atoms with Gasteiger partial charge in [-0.25, -0.2) is 4.98 Å². The lowest BCUT2D eigenvalue weighted by Gasteiger charge is -2.23. The number of hydrogen-bond donors (Lipinski definition) is 1. The molecule has 5 nitrogen and oxygen atoms in total. The number of aryl methyl sites for hydroxylation is 1. The zero-order chi connectivity index (χ0) is 14.8. The maximum absolute atomic E-state index is 11.0. The van der Waals surface area contributed by atoms with Gasteiger partial charge in [0, 0.05) is 18.6 Å². The number of carbonyl (C=O) groups is 1. The number of piperidine rings is 1. The summed E-state index contributed by atoms with van der Waals surface area (Å²) < 4.78 is 2.05. The van der Waals surface area contributed by atoms with Gasteiger partial charge < -0.3 is 14.8 Å². The van der Waals surface area contributed by atoms with Crippen LogP contribution in [0.3, 0.4) is 0 Å². The zero-order valence-electron chi connectivity index (χ0n) is 12.4. The van der Waals surface area contributed by atoms with Crippen molar-refractivity contribution >= 4 is 11.6 Å². The number of quaternary nitrogens is 1. The number of fused-ring (bicyclic) bond motifs is 1. The van der Waals surface area contributed by atoms with Gasteiger partial charge in [0.15, 0.2) is 0 Å². The fraction of sp³-hybridized carbons (Fsp3) is 0.500. The Balaban J connectivity index is 1.98. The highest BCUT2D eigenvalue weighted by molar-refractivity contribution is 5.68. The monoisotopic (exact) mass is 287 g/mol. The zero-order valence-corrected chi connectivity index (χ0v) is 12.4. The molecule has 0 aliphatic carbocycles. The van der Waals surface area contributed by atoms with Crippen LogP contribution < -0.4 is 10.0 Å². The van der Waals surface area contributed by atoms with E-state index in [1.807, 2.05) is 25.3 Å². The number of carbonyl (C=O) groups excluding carboxylic acids is 1. The van der Waals surface area contributed by atoms with E-state index in [2.05, 4.69) is 9.38 Å². The van der Waals surface area contributed by atoms with Gasteiger partial charge in [0.25, 0.3) is 0 Å². The lowest BCUT2D eigenvalue weighted by Crippen LogP contribution is -3.11. The fourth-order valence-corrected chi connectivity index (χ4v) is 3.18. The Bertz CT molecular complexity index is 657. The quantitative estimate of drug-likeness (QED) is 0.825. The van der Waals surface area contributed by atoms with Gasteiger partial charge in [-0.2, -0.15) is 0 Å². The predicted molar refractivity (Wildman–Crippen MR) is 76.9 cm³/mol. The number of likely N-dealkylation sites (tertiary alicyclic amines) is 1. The number of pyridine rings is 1. The van der Waals surface area contributed by atoms with E-state index in [9.17, 15) is 9.90 Å². The Morgan fingerprint density at radius 2 is 2.10 bits per heavy atom. The van der Waals surface area contributed by atoms with Crippen molar-refractivity contribution in [2.24, 2.45) is 0 Å². The number of nitrogens with one attached hydrogen (secondary N) is 1. The fourth-order valence-electron chi connectivity index (χ4n) is 3.18. The third-order valence-electron chi connectivity index (χ3n) is 4.24. The second kappa shape index (κ2) is 5.85. The average molecular weight is 287 g/mol. The van der Waals surface area contributed by atoms with Crippen molar-refractivity contribution in [2.75, 3.05) is 13.1 Å². The third kappa shape index (κ3) is 3.08. The van der Waals surface area contributed by atoms with Crippen molar-refractivity contribution in [3.8, 4) is 0 Å². The van der Waals surface area contributed by atoms with E-state index in [4.69, 9.17) is 0 Å². The molecule has 0 bridgehead atoms. The van der Waals surface area contributed by atoms with Gasteiger partial charge in [0.1, 0.15) is 17.9 Å². The summed E-state index contributed by atoms with van der Waals surface area (Å²) in [5.74, 6) is -1.06. The Kier molecular flexibility index (Phi) is 3.92. The van der Waals surface area contributed by atoms with Crippen molar-refractivity contribution < 1.29 is 14.8 Å². The average Bonchev–Trinajstić information content (AvgIpc) is 2.77. The van der Waals surface area contributed by atoms with Gasteiger partial charge in [-0.15, -0.1) is 0 Å². The first-order chi connectivity index (χ1) is 10.1. The van der Waals surface area contributed by atoms with Crippen molar-refractivity contribution in [1.82, 2.24) is 9.38 Å². The smallest absolute Gasteiger partial charge is 0.137 e. The number of carboxylic acids is 1. The second-order valence-corrected chi connectivity index (χ2v) is 5.98. The Hall–Kier alpha value is -1.88. The molecule has 1 fully saturated rings. The molecule has 0 saturated carbocycles. The van der Waals surface area contributed by atoms with E-state index in [0.717, 1.165) is 36.5 Å². The number of aromatic nitrogens is 2. The molecular weight excluding hydrogens is 266 g/mol. The summed E-state index contributed by atoms with van der Waals surface area (Å²) >= 11 is 0. The Labute approximate surface area is 124 Å². The molecule has 1 aliphatic heterocycles. The molecule has 0 radical (unpaired) electrons. The van der Waals surface area contributed by atoms with E-state index in [1.54, 1.807) is 0 Å². The van der Waals surface area contributed by atoms with Crippen LogP contribution in [0.4, 0.5) is 0 Å². The summed E-state index contributed by atoms with van der Waals surface area (Å²) in [6.45, 7) is 5.19. The molecule has 0 aromatic carbocycles. The molecule has 1 N–H and O–H groups in total. The van der Waals surface area contributed by atoms with Gasteiger partial charge in [0.2, 0.25) is 0 Å². The maximum Gasteiger partial charge on any atom is 0.137 e. The molecular formula is C16H21N3O2. The first-order valence-corrected chi connectivity index (χ1v) is 7.63. The number of nitrogens with zero attached hydrogens (tertiary/aromatic N) is 2. The van der Waals surface area contributed by atoms with Crippen molar-refractivity contribution in [3.05, 3.63) is 35.3 Å².